The molecule has 1 aromatic heterocycles. The zero-order valence-electron chi connectivity index (χ0n) is 9.82. The molecule has 3 N–H and O–H groups in total. The molecule has 1 heterocycles. The lowest BCUT2D eigenvalue weighted by Crippen LogP contribution is -2.29. The van der Waals surface area contributed by atoms with E-state index in [9.17, 15) is 8.42 Å². The van der Waals surface area contributed by atoms with Crippen LogP contribution in [0.15, 0.2) is 4.90 Å². The minimum absolute atomic E-state index is 0.110. The molecule has 0 aliphatic rings. The van der Waals surface area contributed by atoms with Crippen molar-refractivity contribution >= 4 is 10.0 Å². The van der Waals surface area contributed by atoms with Crippen LogP contribution < -0.4 is 5.73 Å². The highest BCUT2D eigenvalue weighted by molar-refractivity contribution is 7.89. The van der Waals surface area contributed by atoms with Crippen molar-refractivity contribution in [2.24, 2.45) is 5.73 Å². The van der Waals surface area contributed by atoms with Crippen LogP contribution in [0.3, 0.4) is 0 Å². The molecule has 0 aromatic carbocycles. The molecule has 0 bridgehead atoms. The van der Waals surface area contributed by atoms with Crippen LogP contribution in [0, 0.1) is 6.92 Å². The van der Waals surface area contributed by atoms with Gasteiger partial charge in [0.25, 0.3) is 0 Å². The second-order valence-electron chi connectivity index (χ2n) is 3.66. The number of nitrogens with two attached hydrogens (primary N) is 1. The summed E-state index contributed by atoms with van der Waals surface area (Å²) >= 11 is 0. The zero-order valence-corrected chi connectivity index (χ0v) is 10.6. The topological polar surface area (TPSA) is 92.1 Å². The number of aromatic nitrogens is 2. The minimum Gasteiger partial charge on any atom is -0.325 e. The lowest BCUT2D eigenvalue weighted by atomic mass is 10.4. The first-order chi connectivity index (χ1) is 7.45. The first-order valence-electron chi connectivity index (χ1n) is 5.15. The van der Waals surface area contributed by atoms with E-state index in [0.29, 0.717) is 17.9 Å². The van der Waals surface area contributed by atoms with Gasteiger partial charge in [-0.05, 0) is 13.3 Å². The average Bonchev–Trinajstić information content (AvgIpc) is 2.60. The third-order valence-electron chi connectivity index (χ3n) is 2.36. The number of aryl methyl sites for hydroxylation is 1. The normalized spacial score (nSPS) is 12.3. The number of sulfonamides is 1. The predicted octanol–water partition coefficient (Wildman–Crippen LogP) is 0.207. The van der Waals surface area contributed by atoms with E-state index < -0.39 is 10.0 Å². The molecular formula is C9H18N4O2S. The van der Waals surface area contributed by atoms with Crippen molar-refractivity contribution in [2.75, 3.05) is 13.6 Å². The molecule has 0 fully saturated rings. The third kappa shape index (κ3) is 2.26. The second-order valence-corrected chi connectivity index (χ2v) is 5.64. The van der Waals surface area contributed by atoms with Gasteiger partial charge in [-0.15, -0.1) is 0 Å². The van der Waals surface area contributed by atoms with Gasteiger partial charge in [0.2, 0.25) is 10.0 Å². The van der Waals surface area contributed by atoms with Gasteiger partial charge in [-0.2, -0.15) is 5.10 Å². The monoisotopic (exact) mass is 246 g/mol. The summed E-state index contributed by atoms with van der Waals surface area (Å²) in [6.45, 7) is 4.20. The van der Waals surface area contributed by atoms with E-state index in [1.807, 2.05) is 6.92 Å². The highest BCUT2D eigenvalue weighted by Crippen LogP contribution is 2.20. The van der Waals surface area contributed by atoms with E-state index in [1.165, 1.54) is 4.31 Å². The van der Waals surface area contributed by atoms with E-state index >= 15 is 0 Å². The molecule has 92 valence electrons. The van der Waals surface area contributed by atoms with Crippen LogP contribution in [0.1, 0.15) is 24.7 Å². The van der Waals surface area contributed by atoms with Gasteiger partial charge in [0, 0.05) is 20.1 Å². The summed E-state index contributed by atoms with van der Waals surface area (Å²) < 4.78 is 25.7. The zero-order chi connectivity index (χ0) is 12.3. The number of aromatic amines is 1. The fraction of sp³-hybridized carbons (Fsp3) is 0.667. The molecule has 7 heteroatoms. The summed E-state index contributed by atoms with van der Waals surface area (Å²) in [6, 6.07) is 0. The van der Waals surface area contributed by atoms with Crippen molar-refractivity contribution in [3.63, 3.8) is 0 Å². The van der Waals surface area contributed by atoms with Crippen LogP contribution in [0.5, 0.6) is 0 Å². The number of nitrogens with zero attached hydrogens (tertiary/aromatic N) is 2. The van der Waals surface area contributed by atoms with E-state index in [-0.39, 0.29) is 11.4 Å². The van der Waals surface area contributed by atoms with E-state index in [1.54, 1.807) is 14.0 Å². The molecule has 0 amide bonds. The Morgan fingerprint density at radius 2 is 2.12 bits per heavy atom. The molecule has 16 heavy (non-hydrogen) atoms. The van der Waals surface area contributed by atoms with Crippen LogP contribution in [0.2, 0.25) is 0 Å². The van der Waals surface area contributed by atoms with Crippen LogP contribution in [-0.4, -0.2) is 36.5 Å². The maximum absolute atomic E-state index is 12.2. The van der Waals surface area contributed by atoms with Crippen LogP contribution in [0.25, 0.3) is 0 Å². The Labute approximate surface area is 95.9 Å². The molecule has 0 aliphatic carbocycles. The fourth-order valence-electron chi connectivity index (χ4n) is 1.54. The quantitative estimate of drug-likeness (QED) is 0.776. The van der Waals surface area contributed by atoms with Gasteiger partial charge >= 0.3 is 0 Å². The lowest BCUT2D eigenvalue weighted by molar-refractivity contribution is 0.467. The number of H-pyrrole nitrogens is 1. The Bertz CT molecular complexity index is 452. The van der Waals surface area contributed by atoms with Gasteiger partial charge in [0.1, 0.15) is 4.90 Å². The minimum atomic E-state index is -3.47. The molecule has 0 spiro atoms. The Balaban J connectivity index is 3.21. The van der Waals surface area contributed by atoms with Crippen LogP contribution in [0.4, 0.5) is 0 Å². The summed E-state index contributed by atoms with van der Waals surface area (Å²) in [5, 5.41) is 6.54. The smallest absolute Gasteiger partial charge is 0.246 e. The molecule has 1 aromatic rings. The Morgan fingerprint density at radius 1 is 1.50 bits per heavy atom. The summed E-state index contributed by atoms with van der Waals surface area (Å²) in [6.07, 6.45) is 0.768. The average molecular weight is 246 g/mol. The van der Waals surface area contributed by atoms with Crippen LogP contribution in [-0.2, 0) is 16.6 Å². The maximum atomic E-state index is 12.2. The van der Waals surface area contributed by atoms with Gasteiger partial charge in [-0.25, -0.2) is 12.7 Å². The maximum Gasteiger partial charge on any atom is 0.246 e. The molecule has 0 saturated carbocycles. The Morgan fingerprint density at radius 3 is 2.62 bits per heavy atom. The number of hydrogen-bond donors (Lipinski definition) is 2. The van der Waals surface area contributed by atoms with Crippen molar-refractivity contribution in [1.82, 2.24) is 14.5 Å². The summed E-state index contributed by atoms with van der Waals surface area (Å²) in [5.74, 6) is 0. The summed E-state index contributed by atoms with van der Waals surface area (Å²) in [5.41, 5.74) is 6.39. The molecule has 1 rings (SSSR count). The van der Waals surface area contributed by atoms with E-state index in [0.717, 1.165) is 6.42 Å². The second kappa shape index (κ2) is 4.94. The lowest BCUT2D eigenvalue weighted by Gasteiger charge is -2.16. The molecule has 0 aliphatic heterocycles. The number of rotatable bonds is 5. The highest BCUT2D eigenvalue weighted by Gasteiger charge is 2.27. The molecule has 0 saturated heterocycles. The SMILES string of the molecule is CCCN(C)S(=O)(=O)c1c(CN)n[nH]c1C. The standard InChI is InChI=1S/C9H18N4O2S/c1-4-5-13(3)16(14,15)9-7(2)11-12-8(9)6-10/h4-6,10H2,1-3H3,(H,11,12). The van der Waals surface area contributed by atoms with Gasteiger partial charge in [-0.1, -0.05) is 6.92 Å². The van der Waals surface area contributed by atoms with Crippen molar-refractivity contribution < 1.29 is 8.42 Å². The first-order valence-corrected chi connectivity index (χ1v) is 6.59. The molecular weight excluding hydrogens is 228 g/mol. The third-order valence-corrected chi connectivity index (χ3v) is 4.42. The summed E-state index contributed by atoms with van der Waals surface area (Å²) in [4.78, 5) is 0.214. The first kappa shape index (κ1) is 13.1. The van der Waals surface area contributed by atoms with Gasteiger partial charge in [0.15, 0.2) is 0 Å². The molecule has 0 atom stereocenters. The number of hydrogen-bond acceptors (Lipinski definition) is 4. The van der Waals surface area contributed by atoms with E-state index in [2.05, 4.69) is 10.2 Å². The van der Waals surface area contributed by atoms with Gasteiger partial charge in [0.05, 0.1) is 11.4 Å². The largest absolute Gasteiger partial charge is 0.325 e. The predicted molar refractivity (Wildman–Crippen MR) is 61.3 cm³/mol. The van der Waals surface area contributed by atoms with Gasteiger partial charge < -0.3 is 5.73 Å². The molecule has 0 radical (unpaired) electrons. The van der Waals surface area contributed by atoms with Crippen molar-refractivity contribution in [1.29, 1.82) is 0 Å². The highest BCUT2D eigenvalue weighted by atomic mass is 32.2. The van der Waals surface area contributed by atoms with Crippen molar-refractivity contribution in [3.8, 4) is 0 Å². The molecule has 6 nitrogen and oxygen atoms in total. The van der Waals surface area contributed by atoms with Crippen molar-refractivity contribution in [3.05, 3.63) is 11.4 Å². The Kier molecular flexibility index (Phi) is 4.06. The summed E-state index contributed by atoms with van der Waals surface area (Å²) in [7, 11) is -1.91. The van der Waals surface area contributed by atoms with Crippen molar-refractivity contribution in [2.45, 2.75) is 31.7 Å². The Hall–Kier alpha value is -0.920. The van der Waals surface area contributed by atoms with Gasteiger partial charge in [-0.3, -0.25) is 5.10 Å². The van der Waals surface area contributed by atoms with E-state index in [4.69, 9.17) is 5.73 Å². The fourth-order valence-corrected chi connectivity index (χ4v) is 3.13. The van der Waals surface area contributed by atoms with Crippen LogP contribution >= 0.6 is 0 Å². The number of nitrogens with one attached hydrogen (secondary N) is 1. The molecule has 0 unspecified atom stereocenters.